The van der Waals surface area contributed by atoms with Crippen LogP contribution in [0, 0.1) is 12.8 Å². The maximum absolute atomic E-state index is 13.0. The molecule has 29 heavy (non-hydrogen) atoms. The number of piperidine rings is 1. The van der Waals surface area contributed by atoms with Gasteiger partial charge in [0.15, 0.2) is 0 Å². The Labute approximate surface area is 173 Å². The lowest BCUT2D eigenvalue weighted by Gasteiger charge is -2.33. The van der Waals surface area contributed by atoms with Crippen molar-refractivity contribution in [1.29, 1.82) is 0 Å². The van der Waals surface area contributed by atoms with Crippen molar-refractivity contribution in [1.82, 2.24) is 20.0 Å². The van der Waals surface area contributed by atoms with E-state index in [2.05, 4.69) is 31.2 Å². The summed E-state index contributed by atoms with van der Waals surface area (Å²) < 4.78 is 1.86. The van der Waals surface area contributed by atoms with Crippen molar-refractivity contribution in [3.63, 3.8) is 0 Å². The first-order valence-electron chi connectivity index (χ1n) is 10.5. The van der Waals surface area contributed by atoms with Crippen LogP contribution in [0.3, 0.4) is 0 Å². The van der Waals surface area contributed by atoms with Gasteiger partial charge in [-0.2, -0.15) is 5.10 Å². The first-order chi connectivity index (χ1) is 13.8. The maximum Gasteiger partial charge on any atom is 0.255 e. The van der Waals surface area contributed by atoms with Crippen molar-refractivity contribution < 1.29 is 9.59 Å². The molecular weight excluding hydrogens is 364 g/mol. The topological polar surface area (TPSA) is 67.2 Å². The number of aryl methyl sites for hydroxylation is 1. The summed E-state index contributed by atoms with van der Waals surface area (Å²) in [6.07, 6.45) is 3.24. The summed E-state index contributed by atoms with van der Waals surface area (Å²) in [7, 11) is 0. The molecule has 6 nitrogen and oxygen atoms in total. The zero-order chi connectivity index (χ0) is 21.1. The molecule has 0 atom stereocenters. The molecule has 1 saturated heterocycles. The summed E-state index contributed by atoms with van der Waals surface area (Å²) in [6.45, 7) is 11.5. The molecule has 1 aliphatic heterocycles. The molecule has 3 rings (SSSR count). The normalized spacial score (nSPS) is 15.2. The molecule has 0 radical (unpaired) electrons. The smallest absolute Gasteiger partial charge is 0.255 e. The van der Waals surface area contributed by atoms with Crippen molar-refractivity contribution in [2.24, 2.45) is 5.92 Å². The number of nitrogens with zero attached hydrogens (tertiary/aromatic N) is 3. The molecule has 0 saturated carbocycles. The van der Waals surface area contributed by atoms with E-state index < -0.39 is 0 Å². The second-order valence-corrected chi connectivity index (χ2v) is 8.57. The van der Waals surface area contributed by atoms with Crippen LogP contribution in [-0.4, -0.2) is 45.6 Å². The highest BCUT2D eigenvalue weighted by Crippen LogP contribution is 2.24. The summed E-state index contributed by atoms with van der Waals surface area (Å²) >= 11 is 0. The maximum atomic E-state index is 13.0. The SMILES string of the molecule is Cc1ccc(-n2ncc(C(=O)NC3CCN(C(=O)C(C)C)CC3)c2C(C)C)cc1. The van der Waals surface area contributed by atoms with Crippen LogP contribution in [0.5, 0.6) is 0 Å². The number of hydrogen-bond donors (Lipinski definition) is 1. The number of carbonyl (C=O) groups excluding carboxylic acids is 2. The first kappa shape index (κ1) is 21.1. The fraction of sp³-hybridized carbons (Fsp3) is 0.522. The van der Waals surface area contributed by atoms with E-state index in [1.165, 1.54) is 5.56 Å². The van der Waals surface area contributed by atoms with Gasteiger partial charge in [0.25, 0.3) is 5.91 Å². The largest absolute Gasteiger partial charge is 0.349 e. The average Bonchev–Trinajstić information content (AvgIpc) is 3.14. The van der Waals surface area contributed by atoms with Gasteiger partial charge in [0.05, 0.1) is 23.1 Å². The fourth-order valence-electron chi connectivity index (χ4n) is 3.85. The molecule has 6 heteroatoms. The molecule has 1 aliphatic rings. The second kappa shape index (κ2) is 8.80. The van der Waals surface area contributed by atoms with Crippen molar-refractivity contribution in [3.05, 3.63) is 47.3 Å². The molecule has 2 amide bonds. The monoisotopic (exact) mass is 396 g/mol. The van der Waals surface area contributed by atoms with E-state index in [4.69, 9.17) is 0 Å². The standard InChI is InChI=1S/C23H32N4O2/c1-15(2)21-20(14-24-27(21)19-8-6-17(5)7-9-19)22(28)25-18-10-12-26(13-11-18)23(29)16(3)4/h6-9,14-16,18H,10-13H2,1-5H3,(H,25,28). The lowest BCUT2D eigenvalue weighted by molar-refractivity contribution is -0.135. The van der Waals surface area contributed by atoms with Crippen LogP contribution < -0.4 is 5.32 Å². The molecule has 0 spiro atoms. The minimum absolute atomic E-state index is 0.0161. The number of aromatic nitrogens is 2. The van der Waals surface area contributed by atoms with Crippen LogP contribution in [0.25, 0.3) is 5.69 Å². The number of rotatable bonds is 5. The van der Waals surface area contributed by atoms with E-state index in [9.17, 15) is 9.59 Å². The number of amides is 2. The van der Waals surface area contributed by atoms with Gasteiger partial charge in [-0.3, -0.25) is 9.59 Å². The molecule has 0 unspecified atom stereocenters. The highest BCUT2D eigenvalue weighted by Gasteiger charge is 2.27. The van der Waals surface area contributed by atoms with Gasteiger partial charge in [-0.05, 0) is 37.8 Å². The first-order valence-corrected chi connectivity index (χ1v) is 10.5. The van der Waals surface area contributed by atoms with Crippen LogP contribution >= 0.6 is 0 Å². The molecule has 1 aromatic heterocycles. The van der Waals surface area contributed by atoms with E-state index in [0.717, 1.165) is 24.2 Å². The molecule has 0 bridgehead atoms. The Bertz CT molecular complexity index is 860. The van der Waals surface area contributed by atoms with Crippen LogP contribution in [0.15, 0.2) is 30.5 Å². The van der Waals surface area contributed by atoms with Crippen LogP contribution in [0.4, 0.5) is 0 Å². The summed E-state index contributed by atoms with van der Waals surface area (Å²) in [6, 6.07) is 8.23. The second-order valence-electron chi connectivity index (χ2n) is 8.57. The molecule has 1 aromatic carbocycles. The molecular formula is C23H32N4O2. The number of likely N-dealkylation sites (tertiary alicyclic amines) is 1. The number of carbonyl (C=O) groups is 2. The fourth-order valence-corrected chi connectivity index (χ4v) is 3.85. The van der Waals surface area contributed by atoms with Crippen molar-refractivity contribution in [3.8, 4) is 5.69 Å². The van der Waals surface area contributed by atoms with Crippen LogP contribution in [-0.2, 0) is 4.79 Å². The third kappa shape index (κ3) is 4.69. The molecule has 2 heterocycles. The van der Waals surface area contributed by atoms with Gasteiger partial charge in [0, 0.05) is 25.0 Å². The van der Waals surface area contributed by atoms with Crippen LogP contribution in [0.1, 0.15) is 68.1 Å². The molecule has 0 aliphatic carbocycles. The highest BCUT2D eigenvalue weighted by molar-refractivity contribution is 5.95. The van der Waals surface area contributed by atoms with Gasteiger partial charge in [0.2, 0.25) is 5.91 Å². The van der Waals surface area contributed by atoms with E-state index in [-0.39, 0.29) is 29.7 Å². The predicted molar refractivity (Wildman–Crippen MR) is 114 cm³/mol. The predicted octanol–water partition coefficient (Wildman–Crippen LogP) is 3.68. The van der Waals surface area contributed by atoms with Gasteiger partial charge in [-0.25, -0.2) is 4.68 Å². The van der Waals surface area contributed by atoms with Gasteiger partial charge in [-0.1, -0.05) is 45.4 Å². The minimum Gasteiger partial charge on any atom is -0.349 e. The Morgan fingerprint density at radius 1 is 1.07 bits per heavy atom. The summed E-state index contributed by atoms with van der Waals surface area (Å²) in [5.41, 5.74) is 3.69. The van der Waals surface area contributed by atoms with E-state index in [1.54, 1.807) is 6.20 Å². The molecule has 1 N–H and O–H groups in total. The van der Waals surface area contributed by atoms with E-state index in [1.807, 2.05) is 47.7 Å². The molecule has 156 valence electrons. The third-order valence-corrected chi connectivity index (χ3v) is 5.51. The van der Waals surface area contributed by atoms with E-state index >= 15 is 0 Å². The number of benzene rings is 1. The Morgan fingerprint density at radius 3 is 2.24 bits per heavy atom. The summed E-state index contributed by atoms with van der Waals surface area (Å²) in [5, 5.41) is 7.67. The number of hydrogen-bond acceptors (Lipinski definition) is 3. The lowest BCUT2D eigenvalue weighted by atomic mass is 10.0. The van der Waals surface area contributed by atoms with Gasteiger partial charge < -0.3 is 10.2 Å². The zero-order valence-electron chi connectivity index (χ0n) is 18.1. The van der Waals surface area contributed by atoms with Crippen molar-refractivity contribution in [2.45, 2.75) is 59.4 Å². The molecule has 1 fully saturated rings. The van der Waals surface area contributed by atoms with Crippen molar-refractivity contribution in [2.75, 3.05) is 13.1 Å². The lowest BCUT2D eigenvalue weighted by Crippen LogP contribution is -2.47. The third-order valence-electron chi connectivity index (χ3n) is 5.51. The van der Waals surface area contributed by atoms with Crippen LogP contribution in [0.2, 0.25) is 0 Å². The summed E-state index contributed by atoms with van der Waals surface area (Å²) in [5.74, 6) is 0.282. The Balaban J connectivity index is 1.72. The Hall–Kier alpha value is -2.63. The Kier molecular flexibility index (Phi) is 6.40. The highest BCUT2D eigenvalue weighted by atomic mass is 16.2. The van der Waals surface area contributed by atoms with Gasteiger partial charge in [-0.15, -0.1) is 0 Å². The average molecular weight is 397 g/mol. The van der Waals surface area contributed by atoms with E-state index in [0.29, 0.717) is 18.7 Å². The van der Waals surface area contributed by atoms with Crippen molar-refractivity contribution >= 4 is 11.8 Å². The number of nitrogens with one attached hydrogen (secondary N) is 1. The van der Waals surface area contributed by atoms with Gasteiger partial charge >= 0.3 is 0 Å². The Morgan fingerprint density at radius 2 is 1.69 bits per heavy atom. The van der Waals surface area contributed by atoms with Gasteiger partial charge in [0.1, 0.15) is 0 Å². The summed E-state index contributed by atoms with van der Waals surface area (Å²) in [4.78, 5) is 27.1. The minimum atomic E-state index is -0.0827. The zero-order valence-corrected chi connectivity index (χ0v) is 18.1. The quantitative estimate of drug-likeness (QED) is 0.838. The molecule has 2 aromatic rings.